The van der Waals surface area contributed by atoms with Crippen molar-refractivity contribution in [2.45, 2.75) is 57.9 Å². The van der Waals surface area contributed by atoms with Crippen LogP contribution in [0.2, 0.25) is 0 Å². The fourth-order valence-electron chi connectivity index (χ4n) is 4.34. The first-order valence-electron chi connectivity index (χ1n) is 11.7. The fraction of sp³-hybridized carbons (Fsp3) is 0.393. The van der Waals surface area contributed by atoms with Gasteiger partial charge in [0.1, 0.15) is 18.3 Å². The summed E-state index contributed by atoms with van der Waals surface area (Å²) in [5.41, 5.74) is 2.12. The summed E-state index contributed by atoms with van der Waals surface area (Å²) >= 11 is 0. The molecule has 34 heavy (non-hydrogen) atoms. The van der Waals surface area contributed by atoms with E-state index in [-0.39, 0.29) is 6.10 Å². The molecule has 2 heterocycles. The highest BCUT2D eigenvalue weighted by Crippen LogP contribution is 2.47. The highest BCUT2D eigenvalue weighted by molar-refractivity contribution is 5.46. The minimum absolute atomic E-state index is 0.345. The van der Waals surface area contributed by atoms with Crippen LogP contribution < -0.4 is 9.47 Å². The predicted molar refractivity (Wildman–Crippen MR) is 130 cm³/mol. The zero-order valence-corrected chi connectivity index (χ0v) is 20.3. The molecule has 1 aliphatic rings. The van der Waals surface area contributed by atoms with Gasteiger partial charge in [0, 0.05) is 11.8 Å². The standard InChI is InChI=1S/C28H33NO5/c1-5-28(24-20-32-27(2,3)34-24,33-19-22-14-10-7-11-15-22)23-16-17-29-26(30-4)25(23)31-18-21-12-8-6-9-13-21/h6-17,24H,5,18-20H2,1-4H3/t24-,28?/m1/s1. The molecule has 0 N–H and O–H groups in total. The van der Waals surface area contributed by atoms with Gasteiger partial charge >= 0.3 is 0 Å². The van der Waals surface area contributed by atoms with Gasteiger partial charge in [0.05, 0.1) is 20.3 Å². The van der Waals surface area contributed by atoms with Crippen LogP contribution in [0.4, 0.5) is 0 Å². The van der Waals surface area contributed by atoms with Gasteiger partial charge in [-0.2, -0.15) is 0 Å². The topological polar surface area (TPSA) is 59.0 Å². The first kappa shape index (κ1) is 24.2. The van der Waals surface area contributed by atoms with Crippen LogP contribution in [0.3, 0.4) is 0 Å². The Labute approximate surface area is 201 Å². The number of pyridine rings is 1. The quantitative estimate of drug-likeness (QED) is 0.388. The number of nitrogens with zero attached hydrogens (tertiary/aromatic N) is 1. The van der Waals surface area contributed by atoms with Crippen molar-refractivity contribution >= 4 is 0 Å². The summed E-state index contributed by atoms with van der Waals surface area (Å²) in [5, 5.41) is 0. The zero-order chi connectivity index (χ0) is 24.0. The van der Waals surface area contributed by atoms with Crippen LogP contribution in [0.5, 0.6) is 11.6 Å². The third kappa shape index (κ3) is 5.25. The average Bonchev–Trinajstić information content (AvgIpc) is 3.24. The number of hydrogen-bond acceptors (Lipinski definition) is 6. The van der Waals surface area contributed by atoms with E-state index in [1.165, 1.54) is 0 Å². The maximum Gasteiger partial charge on any atom is 0.257 e. The molecule has 0 saturated carbocycles. The molecule has 0 radical (unpaired) electrons. The molecule has 0 spiro atoms. The van der Waals surface area contributed by atoms with Gasteiger partial charge in [-0.25, -0.2) is 4.98 Å². The van der Waals surface area contributed by atoms with Gasteiger partial charge in [-0.1, -0.05) is 67.6 Å². The van der Waals surface area contributed by atoms with Gasteiger partial charge in [0.2, 0.25) is 0 Å². The van der Waals surface area contributed by atoms with Crippen LogP contribution in [0.1, 0.15) is 43.9 Å². The second kappa shape index (κ2) is 10.6. The maximum atomic E-state index is 6.75. The van der Waals surface area contributed by atoms with E-state index in [9.17, 15) is 0 Å². The van der Waals surface area contributed by atoms with Crippen LogP contribution in [-0.2, 0) is 33.0 Å². The summed E-state index contributed by atoms with van der Waals surface area (Å²) < 4.78 is 31.1. The highest BCUT2D eigenvalue weighted by Gasteiger charge is 2.50. The van der Waals surface area contributed by atoms with Gasteiger partial charge in [0.15, 0.2) is 11.5 Å². The van der Waals surface area contributed by atoms with Crippen molar-refractivity contribution < 1.29 is 23.7 Å². The first-order valence-corrected chi connectivity index (χ1v) is 11.7. The fourth-order valence-corrected chi connectivity index (χ4v) is 4.34. The van der Waals surface area contributed by atoms with E-state index < -0.39 is 11.4 Å². The SMILES string of the molecule is CCC(OCc1ccccc1)(c1ccnc(OC)c1OCc1ccccc1)[C@H]1COC(C)(C)O1. The van der Waals surface area contributed by atoms with Gasteiger partial charge in [-0.05, 0) is 37.5 Å². The molecule has 1 aliphatic heterocycles. The monoisotopic (exact) mass is 463 g/mol. The second-order valence-electron chi connectivity index (χ2n) is 8.81. The number of aromatic nitrogens is 1. The summed E-state index contributed by atoms with van der Waals surface area (Å²) in [5.74, 6) is 0.258. The second-order valence-corrected chi connectivity index (χ2v) is 8.81. The van der Waals surface area contributed by atoms with E-state index in [2.05, 4.69) is 24.0 Å². The van der Waals surface area contributed by atoms with E-state index in [0.29, 0.717) is 37.9 Å². The van der Waals surface area contributed by atoms with Crippen LogP contribution in [0.25, 0.3) is 0 Å². The minimum Gasteiger partial charge on any atom is -0.483 e. The normalized spacial score (nSPS) is 18.9. The van der Waals surface area contributed by atoms with Crippen LogP contribution >= 0.6 is 0 Å². The smallest absolute Gasteiger partial charge is 0.257 e. The molecule has 1 saturated heterocycles. The van der Waals surface area contributed by atoms with E-state index in [0.717, 1.165) is 16.7 Å². The molecule has 0 aliphatic carbocycles. The van der Waals surface area contributed by atoms with Gasteiger partial charge in [0.25, 0.3) is 5.88 Å². The molecule has 6 heteroatoms. The molecular weight excluding hydrogens is 430 g/mol. The van der Waals surface area contributed by atoms with Crippen molar-refractivity contribution in [3.63, 3.8) is 0 Å². The van der Waals surface area contributed by atoms with E-state index >= 15 is 0 Å². The lowest BCUT2D eigenvalue weighted by Crippen LogP contribution is -2.44. The van der Waals surface area contributed by atoms with E-state index in [1.807, 2.05) is 68.4 Å². The summed E-state index contributed by atoms with van der Waals surface area (Å²) in [7, 11) is 1.60. The largest absolute Gasteiger partial charge is 0.483 e. The number of ether oxygens (including phenoxy) is 5. The lowest BCUT2D eigenvalue weighted by molar-refractivity contribution is -0.192. The van der Waals surface area contributed by atoms with Crippen molar-refractivity contribution in [3.8, 4) is 11.6 Å². The lowest BCUT2D eigenvalue weighted by atomic mass is 9.85. The van der Waals surface area contributed by atoms with Crippen LogP contribution in [0, 0.1) is 0 Å². The Bertz CT molecular complexity index is 1060. The van der Waals surface area contributed by atoms with Crippen LogP contribution in [0.15, 0.2) is 72.9 Å². The van der Waals surface area contributed by atoms with Crippen molar-refractivity contribution in [2.75, 3.05) is 13.7 Å². The maximum absolute atomic E-state index is 6.75. The Morgan fingerprint density at radius 1 is 0.971 bits per heavy atom. The van der Waals surface area contributed by atoms with Crippen molar-refractivity contribution in [3.05, 3.63) is 89.6 Å². The summed E-state index contributed by atoms with van der Waals surface area (Å²) in [4.78, 5) is 4.42. The third-order valence-corrected chi connectivity index (χ3v) is 6.14. The van der Waals surface area contributed by atoms with Gasteiger partial charge < -0.3 is 23.7 Å². The Hall–Kier alpha value is -2.93. The Balaban J connectivity index is 1.75. The van der Waals surface area contributed by atoms with Crippen molar-refractivity contribution in [1.29, 1.82) is 0 Å². The molecule has 3 aromatic rings. The molecule has 2 atom stereocenters. The first-order chi connectivity index (χ1) is 16.5. The lowest BCUT2D eigenvalue weighted by Gasteiger charge is -2.39. The Kier molecular flexibility index (Phi) is 7.51. The summed E-state index contributed by atoms with van der Waals surface area (Å²) in [6.45, 7) is 7.13. The Morgan fingerprint density at radius 3 is 2.18 bits per heavy atom. The van der Waals surface area contributed by atoms with Gasteiger partial charge in [-0.3, -0.25) is 0 Å². The van der Waals surface area contributed by atoms with Gasteiger partial charge in [-0.15, -0.1) is 0 Å². The molecular formula is C28H33NO5. The number of hydrogen-bond donors (Lipinski definition) is 0. The number of rotatable bonds is 10. The van der Waals surface area contributed by atoms with E-state index in [4.69, 9.17) is 23.7 Å². The molecule has 6 nitrogen and oxygen atoms in total. The van der Waals surface area contributed by atoms with E-state index in [1.54, 1.807) is 13.3 Å². The summed E-state index contributed by atoms with van der Waals surface area (Å²) in [6, 6.07) is 22.1. The minimum atomic E-state index is -0.841. The Morgan fingerprint density at radius 2 is 1.62 bits per heavy atom. The predicted octanol–water partition coefficient (Wildman–Crippen LogP) is 5.64. The molecule has 1 unspecified atom stereocenters. The number of methoxy groups -OCH3 is 1. The van der Waals surface area contributed by atoms with Crippen molar-refractivity contribution in [2.24, 2.45) is 0 Å². The average molecular weight is 464 g/mol. The zero-order valence-electron chi connectivity index (χ0n) is 20.3. The molecule has 1 aromatic heterocycles. The van der Waals surface area contributed by atoms with Crippen molar-refractivity contribution in [1.82, 2.24) is 4.98 Å². The third-order valence-electron chi connectivity index (χ3n) is 6.14. The molecule has 0 amide bonds. The van der Waals surface area contributed by atoms with Crippen LogP contribution in [-0.4, -0.2) is 30.6 Å². The number of benzene rings is 2. The molecule has 180 valence electrons. The molecule has 0 bridgehead atoms. The summed E-state index contributed by atoms with van der Waals surface area (Å²) in [6.07, 6.45) is 2.02. The highest BCUT2D eigenvalue weighted by atomic mass is 16.8. The molecule has 1 fully saturated rings. The molecule has 2 aromatic carbocycles. The molecule has 4 rings (SSSR count).